The van der Waals surface area contributed by atoms with E-state index in [-0.39, 0.29) is 0 Å². The number of methoxy groups -OCH3 is 1. The lowest BCUT2D eigenvalue weighted by Crippen LogP contribution is -2.57. The summed E-state index contributed by atoms with van der Waals surface area (Å²) in [6.07, 6.45) is 15.6. The summed E-state index contributed by atoms with van der Waals surface area (Å²) >= 11 is 0. The molecule has 3 heteroatoms. The Morgan fingerprint density at radius 1 is 1.13 bits per heavy atom. The van der Waals surface area contributed by atoms with Gasteiger partial charge in [0.2, 0.25) is 0 Å². The third-order valence-corrected chi connectivity index (χ3v) is 11.7. The van der Waals surface area contributed by atoms with E-state index in [0.717, 1.165) is 41.9 Å². The first kappa shape index (κ1) is 20.5. The van der Waals surface area contributed by atoms with Crippen molar-refractivity contribution < 1.29 is 9.47 Å². The Balaban J connectivity index is 1.22. The van der Waals surface area contributed by atoms with Gasteiger partial charge in [-0.15, -0.1) is 0 Å². The standard InChI is InChI=1S/C28H41NO2/c1-18(17-31-20-6-5-13-29-16-20)22-7-8-23-21-14-25(30-4)28-15-19(28)9-12-27(28,3)24(21)10-11-26(22,23)2/h5-6,13,16,18-19,21-25H,7-12,14-15,17H2,1-4H3/t18-,19-,21+,22-,23+,24+,25-,26-,27-,28?/m1/s1. The van der Waals surface area contributed by atoms with Crippen LogP contribution in [0.25, 0.3) is 0 Å². The highest BCUT2D eigenvalue weighted by molar-refractivity contribution is 5.26. The molecule has 0 bridgehead atoms. The molecule has 10 atom stereocenters. The molecule has 5 saturated carbocycles. The molecule has 0 N–H and O–H groups in total. The molecule has 0 saturated heterocycles. The molecular formula is C28H41NO2. The van der Waals surface area contributed by atoms with Crippen LogP contribution in [-0.4, -0.2) is 24.8 Å². The number of fused-ring (bicyclic) bond motifs is 4. The number of rotatable bonds is 5. The van der Waals surface area contributed by atoms with Crippen molar-refractivity contribution in [3.8, 4) is 5.75 Å². The largest absolute Gasteiger partial charge is 0.492 e. The van der Waals surface area contributed by atoms with Gasteiger partial charge in [0.15, 0.2) is 0 Å². The summed E-state index contributed by atoms with van der Waals surface area (Å²) in [5.41, 5.74) is 1.55. The summed E-state index contributed by atoms with van der Waals surface area (Å²) in [6, 6.07) is 3.99. The van der Waals surface area contributed by atoms with Crippen molar-refractivity contribution in [2.45, 2.75) is 78.2 Å². The van der Waals surface area contributed by atoms with E-state index in [4.69, 9.17) is 9.47 Å². The number of pyridine rings is 1. The van der Waals surface area contributed by atoms with Crippen LogP contribution < -0.4 is 4.74 Å². The normalized spacial score (nSPS) is 50.7. The van der Waals surface area contributed by atoms with Crippen molar-refractivity contribution >= 4 is 0 Å². The summed E-state index contributed by atoms with van der Waals surface area (Å²) in [5, 5.41) is 0. The highest BCUT2D eigenvalue weighted by Crippen LogP contribution is 2.82. The molecule has 1 aromatic heterocycles. The van der Waals surface area contributed by atoms with Crippen molar-refractivity contribution in [3.63, 3.8) is 0 Å². The first-order valence-corrected chi connectivity index (χ1v) is 13.0. The van der Waals surface area contributed by atoms with E-state index in [1.54, 1.807) is 0 Å². The molecule has 5 aliphatic rings. The van der Waals surface area contributed by atoms with Gasteiger partial charge in [-0.3, -0.25) is 4.98 Å². The molecule has 0 amide bonds. The molecule has 170 valence electrons. The van der Waals surface area contributed by atoms with E-state index in [1.807, 2.05) is 31.6 Å². The minimum atomic E-state index is 0.472. The highest BCUT2D eigenvalue weighted by atomic mass is 16.5. The average Bonchev–Trinajstić information content (AvgIpc) is 3.29. The van der Waals surface area contributed by atoms with Crippen LogP contribution in [0.2, 0.25) is 0 Å². The minimum absolute atomic E-state index is 0.472. The van der Waals surface area contributed by atoms with Crippen molar-refractivity contribution in [1.29, 1.82) is 0 Å². The Kier molecular flexibility index (Phi) is 4.60. The van der Waals surface area contributed by atoms with Crippen molar-refractivity contribution in [2.24, 2.45) is 51.8 Å². The fourth-order valence-electron chi connectivity index (χ4n) is 10.3. The molecule has 6 rings (SSSR count). The second kappa shape index (κ2) is 6.95. The fourth-order valence-corrected chi connectivity index (χ4v) is 10.3. The van der Waals surface area contributed by atoms with E-state index in [0.29, 0.717) is 28.3 Å². The van der Waals surface area contributed by atoms with Gasteiger partial charge in [0.1, 0.15) is 5.75 Å². The number of ether oxygens (including phenoxy) is 2. The van der Waals surface area contributed by atoms with Crippen LogP contribution in [0.4, 0.5) is 0 Å². The predicted molar refractivity (Wildman–Crippen MR) is 123 cm³/mol. The van der Waals surface area contributed by atoms with Gasteiger partial charge in [0, 0.05) is 18.7 Å². The van der Waals surface area contributed by atoms with Gasteiger partial charge in [-0.25, -0.2) is 0 Å². The summed E-state index contributed by atoms with van der Waals surface area (Å²) in [6.45, 7) is 8.58. The van der Waals surface area contributed by atoms with Crippen molar-refractivity contribution in [2.75, 3.05) is 13.7 Å². The number of hydrogen-bond acceptors (Lipinski definition) is 3. The predicted octanol–water partition coefficient (Wildman–Crippen LogP) is 6.38. The minimum Gasteiger partial charge on any atom is -0.492 e. The quantitative estimate of drug-likeness (QED) is 0.550. The van der Waals surface area contributed by atoms with Crippen LogP contribution in [0, 0.1) is 51.8 Å². The van der Waals surface area contributed by atoms with Crippen molar-refractivity contribution in [3.05, 3.63) is 24.5 Å². The van der Waals surface area contributed by atoms with E-state index in [9.17, 15) is 0 Å². The van der Waals surface area contributed by atoms with Gasteiger partial charge >= 0.3 is 0 Å². The zero-order valence-electron chi connectivity index (χ0n) is 20.0. The molecular weight excluding hydrogens is 382 g/mol. The van der Waals surface area contributed by atoms with Gasteiger partial charge < -0.3 is 9.47 Å². The van der Waals surface area contributed by atoms with Gasteiger partial charge in [-0.2, -0.15) is 0 Å². The first-order chi connectivity index (χ1) is 14.9. The van der Waals surface area contributed by atoms with Gasteiger partial charge in [-0.05, 0) is 110 Å². The molecule has 0 aliphatic heterocycles. The van der Waals surface area contributed by atoms with E-state index in [1.165, 1.54) is 51.4 Å². The van der Waals surface area contributed by atoms with E-state index >= 15 is 0 Å². The second-order valence-electron chi connectivity index (χ2n) is 12.4. The number of hydrogen-bond donors (Lipinski definition) is 0. The second-order valence-corrected chi connectivity index (χ2v) is 12.4. The summed E-state index contributed by atoms with van der Waals surface area (Å²) < 4.78 is 12.4. The van der Waals surface area contributed by atoms with Crippen LogP contribution in [-0.2, 0) is 4.74 Å². The SMILES string of the molecule is CO[C@@H]1C[C@H]2[C@@H]3CC[C@H]([C@H](C)COc4cccnc4)[C@@]3(C)CC[C@@H]2[C@@]2(C)CC[C@@H]3CC312. The molecule has 1 aromatic rings. The average molecular weight is 424 g/mol. The summed E-state index contributed by atoms with van der Waals surface area (Å²) in [5.74, 6) is 5.93. The Labute approximate surface area is 188 Å². The highest BCUT2D eigenvalue weighted by Gasteiger charge is 2.77. The Bertz CT molecular complexity index is 828. The number of nitrogens with zero attached hydrogens (tertiary/aromatic N) is 1. The zero-order valence-corrected chi connectivity index (χ0v) is 20.0. The van der Waals surface area contributed by atoms with Gasteiger partial charge in [0.05, 0.1) is 18.9 Å². The lowest BCUT2D eigenvalue weighted by molar-refractivity contribution is -0.161. The van der Waals surface area contributed by atoms with E-state index < -0.39 is 0 Å². The van der Waals surface area contributed by atoms with Crippen LogP contribution >= 0.6 is 0 Å². The molecule has 1 spiro atoms. The fraction of sp³-hybridized carbons (Fsp3) is 0.821. The molecule has 31 heavy (non-hydrogen) atoms. The molecule has 5 fully saturated rings. The first-order valence-electron chi connectivity index (χ1n) is 13.0. The maximum atomic E-state index is 6.28. The topological polar surface area (TPSA) is 31.4 Å². The number of aromatic nitrogens is 1. The monoisotopic (exact) mass is 423 g/mol. The molecule has 0 aromatic carbocycles. The summed E-state index contributed by atoms with van der Waals surface area (Å²) in [4.78, 5) is 4.20. The van der Waals surface area contributed by atoms with Crippen molar-refractivity contribution in [1.82, 2.24) is 4.98 Å². The zero-order chi connectivity index (χ0) is 21.4. The summed E-state index contributed by atoms with van der Waals surface area (Å²) in [7, 11) is 2.01. The molecule has 3 nitrogen and oxygen atoms in total. The lowest BCUT2D eigenvalue weighted by atomic mass is 9.45. The molecule has 5 aliphatic carbocycles. The van der Waals surface area contributed by atoms with Gasteiger partial charge in [0.25, 0.3) is 0 Å². The van der Waals surface area contributed by atoms with Gasteiger partial charge in [-0.1, -0.05) is 20.8 Å². The Morgan fingerprint density at radius 3 is 2.74 bits per heavy atom. The molecule has 0 radical (unpaired) electrons. The smallest absolute Gasteiger partial charge is 0.137 e. The third-order valence-electron chi connectivity index (χ3n) is 11.7. The Hall–Kier alpha value is -1.09. The molecule has 1 heterocycles. The lowest BCUT2D eigenvalue weighted by Gasteiger charge is -2.61. The van der Waals surface area contributed by atoms with E-state index in [2.05, 4.69) is 25.8 Å². The van der Waals surface area contributed by atoms with Crippen LogP contribution in [0.1, 0.15) is 72.1 Å². The molecule has 1 unspecified atom stereocenters. The van der Waals surface area contributed by atoms with Crippen LogP contribution in [0.5, 0.6) is 5.75 Å². The maximum Gasteiger partial charge on any atom is 0.137 e. The maximum absolute atomic E-state index is 6.28. The Morgan fingerprint density at radius 2 is 2.00 bits per heavy atom. The van der Waals surface area contributed by atoms with Crippen LogP contribution in [0.3, 0.4) is 0 Å². The third kappa shape index (κ3) is 2.65. The van der Waals surface area contributed by atoms with Crippen LogP contribution in [0.15, 0.2) is 24.5 Å².